The smallest absolute Gasteiger partial charge is 0.416 e. The third kappa shape index (κ3) is 2.60. The Bertz CT molecular complexity index is 943. The Morgan fingerprint density at radius 2 is 1.90 bits per heavy atom. The molecular weight excluding hydrogens is 403 g/mol. The van der Waals surface area contributed by atoms with Crippen LogP contribution in [0.4, 0.5) is 18.9 Å². The maximum Gasteiger partial charge on any atom is 0.416 e. The molecule has 2 aliphatic heterocycles. The van der Waals surface area contributed by atoms with Crippen molar-refractivity contribution < 1.29 is 37.0 Å². The first-order valence-electron chi connectivity index (χ1n) is 9.77. The fraction of sp³-hybridized carbons (Fsp3) is 0.571. The van der Waals surface area contributed by atoms with Crippen molar-refractivity contribution in [2.45, 2.75) is 57.9 Å². The number of hydrogen-bond acceptors (Lipinski definition) is 5. The molecule has 1 aliphatic carbocycles. The van der Waals surface area contributed by atoms with Gasteiger partial charge in [-0.25, -0.2) is 4.79 Å². The number of carbonyl (C=O) groups is 3. The van der Waals surface area contributed by atoms with Crippen molar-refractivity contribution in [1.29, 1.82) is 0 Å². The predicted octanol–water partition coefficient (Wildman–Crippen LogP) is 3.48. The lowest BCUT2D eigenvalue weighted by Gasteiger charge is -2.35. The van der Waals surface area contributed by atoms with Gasteiger partial charge in [0.25, 0.3) is 5.91 Å². The van der Waals surface area contributed by atoms with E-state index in [1.54, 1.807) is 20.8 Å². The summed E-state index contributed by atoms with van der Waals surface area (Å²) in [6.07, 6.45) is -4.75. The number of amides is 1. The first-order chi connectivity index (χ1) is 13.8. The minimum Gasteiger partial charge on any atom is -0.449 e. The predicted molar refractivity (Wildman–Crippen MR) is 98.2 cm³/mol. The quantitative estimate of drug-likeness (QED) is 0.694. The second kappa shape index (κ2) is 6.21. The molecule has 0 spiro atoms. The summed E-state index contributed by atoms with van der Waals surface area (Å²) >= 11 is 0. The van der Waals surface area contributed by atoms with Crippen LogP contribution in [-0.4, -0.2) is 36.1 Å². The van der Waals surface area contributed by atoms with Crippen molar-refractivity contribution in [3.63, 3.8) is 0 Å². The Labute approximate surface area is 171 Å². The number of alkyl halides is 3. The summed E-state index contributed by atoms with van der Waals surface area (Å²) in [4.78, 5) is 39.3. The fourth-order valence-corrected chi connectivity index (χ4v) is 4.80. The molecule has 6 nitrogen and oxygen atoms in total. The second-order valence-electron chi connectivity index (χ2n) is 8.89. The summed E-state index contributed by atoms with van der Waals surface area (Å²) in [6, 6.07) is 4.45. The molecule has 0 aromatic heterocycles. The molecule has 3 fully saturated rings. The van der Waals surface area contributed by atoms with Gasteiger partial charge in [-0.05, 0) is 38.0 Å². The standard InChI is InChI=1S/C21H22F3NO5/c1-18(2)19(3)8-9-20(18,30-16(19)27)17(28)29-14-7-10-25(15(14)26)13-6-4-5-12(11-13)21(22,23)24/h4-6,11,14H,7-10H2,1-3H3/t14-,19?,20?/m1/s1. The van der Waals surface area contributed by atoms with Gasteiger partial charge in [-0.15, -0.1) is 0 Å². The number of halogens is 3. The van der Waals surface area contributed by atoms with Gasteiger partial charge in [0.2, 0.25) is 5.60 Å². The van der Waals surface area contributed by atoms with E-state index in [1.165, 1.54) is 17.0 Å². The molecule has 3 aliphatic rings. The highest BCUT2D eigenvalue weighted by Crippen LogP contribution is 2.65. The van der Waals surface area contributed by atoms with Crippen LogP contribution in [0.5, 0.6) is 0 Å². The number of anilines is 1. The number of esters is 2. The van der Waals surface area contributed by atoms with Crippen LogP contribution in [0.2, 0.25) is 0 Å². The second-order valence-corrected chi connectivity index (χ2v) is 8.89. The van der Waals surface area contributed by atoms with Crippen LogP contribution in [0.15, 0.2) is 24.3 Å². The summed E-state index contributed by atoms with van der Waals surface area (Å²) in [5.74, 6) is -1.83. The Balaban J connectivity index is 1.52. The number of hydrogen-bond donors (Lipinski definition) is 0. The van der Waals surface area contributed by atoms with Gasteiger partial charge >= 0.3 is 18.1 Å². The molecule has 1 aromatic carbocycles. The third-order valence-electron chi connectivity index (χ3n) is 7.30. The number of rotatable bonds is 3. The van der Waals surface area contributed by atoms with E-state index in [4.69, 9.17) is 9.47 Å². The molecule has 2 bridgehead atoms. The van der Waals surface area contributed by atoms with E-state index in [0.717, 1.165) is 12.1 Å². The van der Waals surface area contributed by atoms with Crippen molar-refractivity contribution in [3.8, 4) is 0 Å². The molecule has 2 saturated heterocycles. The zero-order chi connectivity index (χ0) is 22.1. The van der Waals surface area contributed by atoms with Crippen LogP contribution in [0.25, 0.3) is 0 Å². The molecule has 3 atom stereocenters. The lowest BCUT2D eigenvalue weighted by atomic mass is 9.66. The topological polar surface area (TPSA) is 72.9 Å². The number of ether oxygens (including phenoxy) is 2. The highest BCUT2D eigenvalue weighted by Gasteiger charge is 2.76. The zero-order valence-electron chi connectivity index (χ0n) is 16.8. The van der Waals surface area contributed by atoms with Gasteiger partial charge in [0, 0.05) is 24.1 Å². The van der Waals surface area contributed by atoms with E-state index >= 15 is 0 Å². The Kier molecular flexibility index (Phi) is 4.28. The van der Waals surface area contributed by atoms with E-state index < -0.39 is 52.1 Å². The van der Waals surface area contributed by atoms with E-state index in [2.05, 4.69) is 0 Å². The largest absolute Gasteiger partial charge is 0.449 e. The number of carbonyl (C=O) groups excluding carboxylic acids is 3. The SMILES string of the molecule is CC12CCC(C(=O)O[C@@H]3CCN(c4cccc(C(F)(F)F)c4)C3=O)(OC1=O)C2(C)C. The van der Waals surface area contributed by atoms with Crippen LogP contribution in [-0.2, 0) is 30.0 Å². The monoisotopic (exact) mass is 425 g/mol. The minimum atomic E-state index is -4.53. The summed E-state index contributed by atoms with van der Waals surface area (Å²) in [5, 5.41) is 0. The molecule has 9 heteroatoms. The van der Waals surface area contributed by atoms with Crippen molar-refractivity contribution in [3.05, 3.63) is 29.8 Å². The van der Waals surface area contributed by atoms with Crippen LogP contribution < -0.4 is 4.90 Å². The molecule has 1 amide bonds. The van der Waals surface area contributed by atoms with Crippen molar-refractivity contribution in [2.24, 2.45) is 10.8 Å². The Hall–Kier alpha value is -2.58. The first-order valence-corrected chi connectivity index (χ1v) is 9.77. The lowest BCUT2D eigenvalue weighted by molar-refractivity contribution is -0.187. The number of nitrogens with zero attached hydrogens (tertiary/aromatic N) is 1. The van der Waals surface area contributed by atoms with Gasteiger partial charge in [-0.3, -0.25) is 9.59 Å². The molecule has 2 heterocycles. The maximum absolute atomic E-state index is 13.0. The van der Waals surface area contributed by atoms with Crippen LogP contribution in [0.1, 0.15) is 45.6 Å². The van der Waals surface area contributed by atoms with Gasteiger partial charge in [-0.1, -0.05) is 19.9 Å². The molecule has 162 valence electrons. The Morgan fingerprint density at radius 3 is 2.47 bits per heavy atom. The molecule has 0 N–H and O–H groups in total. The van der Waals surface area contributed by atoms with Crippen LogP contribution in [0.3, 0.4) is 0 Å². The van der Waals surface area contributed by atoms with Gasteiger partial charge in [0.05, 0.1) is 11.0 Å². The van der Waals surface area contributed by atoms with Crippen LogP contribution in [0, 0.1) is 10.8 Å². The van der Waals surface area contributed by atoms with Gasteiger partial charge in [-0.2, -0.15) is 13.2 Å². The lowest BCUT2D eigenvalue weighted by Crippen LogP contribution is -2.50. The van der Waals surface area contributed by atoms with Gasteiger partial charge < -0.3 is 14.4 Å². The van der Waals surface area contributed by atoms with Crippen molar-refractivity contribution in [1.82, 2.24) is 0 Å². The first kappa shape index (κ1) is 20.7. The molecule has 0 radical (unpaired) electrons. The van der Waals surface area contributed by atoms with Crippen molar-refractivity contribution >= 4 is 23.5 Å². The normalized spacial score (nSPS) is 32.5. The average Bonchev–Trinajstić information content (AvgIpc) is 3.17. The molecular formula is C21H22F3NO5. The number of benzene rings is 1. The maximum atomic E-state index is 13.0. The van der Waals surface area contributed by atoms with Gasteiger partial charge in [0.15, 0.2) is 6.10 Å². The highest BCUT2D eigenvalue weighted by molar-refractivity contribution is 6.01. The van der Waals surface area contributed by atoms with E-state index in [0.29, 0.717) is 12.8 Å². The molecule has 2 unspecified atom stereocenters. The highest BCUT2D eigenvalue weighted by atomic mass is 19.4. The summed E-state index contributed by atoms with van der Waals surface area (Å²) < 4.78 is 49.9. The van der Waals surface area contributed by atoms with Crippen molar-refractivity contribution in [2.75, 3.05) is 11.4 Å². The third-order valence-corrected chi connectivity index (χ3v) is 7.30. The summed E-state index contributed by atoms with van der Waals surface area (Å²) in [6.45, 7) is 5.43. The molecule has 1 aromatic rings. The Morgan fingerprint density at radius 1 is 1.20 bits per heavy atom. The van der Waals surface area contributed by atoms with E-state index in [1.807, 2.05) is 0 Å². The zero-order valence-corrected chi connectivity index (χ0v) is 16.8. The fourth-order valence-electron chi connectivity index (χ4n) is 4.80. The average molecular weight is 425 g/mol. The van der Waals surface area contributed by atoms with E-state index in [-0.39, 0.29) is 18.7 Å². The molecule has 1 saturated carbocycles. The van der Waals surface area contributed by atoms with Gasteiger partial charge in [0.1, 0.15) is 0 Å². The van der Waals surface area contributed by atoms with E-state index in [9.17, 15) is 27.6 Å². The number of fused-ring (bicyclic) bond motifs is 2. The molecule has 4 rings (SSSR count). The summed E-state index contributed by atoms with van der Waals surface area (Å²) in [7, 11) is 0. The minimum absolute atomic E-state index is 0.0904. The molecule has 30 heavy (non-hydrogen) atoms. The van der Waals surface area contributed by atoms with Crippen LogP contribution >= 0.6 is 0 Å². The summed E-state index contributed by atoms with van der Waals surface area (Å²) in [5.41, 5.74) is -3.85.